The SMILES string of the molecule is CC[C@H](C(=O)Nc1cc2c(cc1Cl)NC(=O)CO2)c1ccccc1. The summed E-state index contributed by atoms with van der Waals surface area (Å²) in [6.07, 6.45) is 0.672. The molecule has 1 aliphatic heterocycles. The zero-order valence-corrected chi connectivity index (χ0v) is 13.9. The minimum absolute atomic E-state index is 0.0520. The standard InChI is InChI=1S/C18H17ClN2O3/c1-2-12(11-6-4-3-5-7-11)18(23)21-14-9-16-15(8-13(14)19)20-17(22)10-24-16/h3-9,12H,2,10H2,1H3,(H,20,22)(H,21,23)/t12-/m0/s1. The van der Waals surface area contributed by atoms with Crippen LogP contribution in [0, 0.1) is 0 Å². The predicted octanol–water partition coefficient (Wildman–Crippen LogP) is 3.80. The molecule has 24 heavy (non-hydrogen) atoms. The molecule has 3 rings (SSSR count). The molecule has 1 heterocycles. The fraction of sp³-hybridized carbons (Fsp3) is 0.222. The molecule has 2 aromatic rings. The molecule has 0 spiro atoms. The van der Waals surface area contributed by atoms with Gasteiger partial charge >= 0.3 is 0 Å². The van der Waals surface area contributed by atoms with E-state index in [4.69, 9.17) is 16.3 Å². The summed E-state index contributed by atoms with van der Waals surface area (Å²) in [6.45, 7) is 1.91. The van der Waals surface area contributed by atoms with E-state index in [0.29, 0.717) is 28.6 Å². The molecule has 1 aliphatic rings. The van der Waals surface area contributed by atoms with Gasteiger partial charge in [-0.25, -0.2) is 0 Å². The third kappa shape index (κ3) is 3.36. The first kappa shape index (κ1) is 16.3. The fourth-order valence-corrected chi connectivity index (χ4v) is 2.88. The van der Waals surface area contributed by atoms with Crippen LogP contribution in [0.25, 0.3) is 0 Å². The molecular formula is C18H17ClN2O3. The van der Waals surface area contributed by atoms with Crippen molar-refractivity contribution in [2.75, 3.05) is 17.2 Å². The number of fused-ring (bicyclic) bond motifs is 1. The molecule has 0 bridgehead atoms. The maximum absolute atomic E-state index is 12.6. The number of rotatable bonds is 4. The largest absolute Gasteiger partial charge is 0.482 e. The first-order valence-corrected chi connectivity index (χ1v) is 8.08. The second-order valence-electron chi connectivity index (χ2n) is 5.53. The lowest BCUT2D eigenvalue weighted by Gasteiger charge is -2.21. The molecule has 124 valence electrons. The maximum atomic E-state index is 12.6. The van der Waals surface area contributed by atoms with Gasteiger partial charge in [-0.1, -0.05) is 48.9 Å². The first-order chi connectivity index (χ1) is 11.6. The van der Waals surface area contributed by atoms with Gasteiger partial charge in [0.25, 0.3) is 5.91 Å². The molecular weight excluding hydrogens is 328 g/mol. The van der Waals surface area contributed by atoms with E-state index in [1.165, 1.54) is 0 Å². The summed E-state index contributed by atoms with van der Waals surface area (Å²) in [7, 11) is 0. The minimum atomic E-state index is -0.265. The molecule has 5 nitrogen and oxygen atoms in total. The Bertz CT molecular complexity index is 777. The van der Waals surface area contributed by atoms with Crippen LogP contribution in [0.3, 0.4) is 0 Å². The predicted molar refractivity (Wildman–Crippen MR) is 93.7 cm³/mol. The molecule has 1 atom stereocenters. The summed E-state index contributed by atoms with van der Waals surface area (Å²) >= 11 is 6.23. The molecule has 2 amide bonds. The van der Waals surface area contributed by atoms with Crippen molar-refractivity contribution in [3.63, 3.8) is 0 Å². The number of carbonyl (C=O) groups excluding carboxylic acids is 2. The maximum Gasteiger partial charge on any atom is 0.262 e. The summed E-state index contributed by atoms with van der Waals surface area (Å²) < 4.78 is 5.36. The number of hydrogen-bond acceptors (Lipinski definition) is 3. The molecule has 0 saturated heterocycles. The Hall–Kier alpha value is -2.53. The Morgan fingerprint density at radius 3 is 2.79 bits per heavy atom. The summed E-state index contributed by atoms with van der Waals surface area (Å²) in [4.78, 5) is 24.0. The lowest BCUT2D eigenvalue weighted by Crippen LogP contribution is -2.26. The Morgan fingerprint density at radius 2 is 2.08 bits per heavy atom. The minimum Gasteiger partial charge on any atom is -0.482 e. The molecule has 0 radical (unpaired) electrons. The number of nitrogens with one attached hydrogen (secondary N) is 2. The second kappa shape index (κ2) is 6.93. The van der Waals surface area contributed by atoms with Crippen LogP contribution in [0.2, 0.25) is 5.02 Å². The van der Waals surface area contributed by atoms with E-state index in [0.717, 1.165) is 5.56 Å². The lowest BCUT2D eigenvalue weighted by molar-refractivity contribution is -0.119. The van der Waals surface area contributed by atoms with Crippen LogP contribution in [0.4, 0.5) is 11.4 Å². The molecule has 6 heteroatoms. The molecule has 0 aliphatic carbocycles. The smallest absolute Gasteiger partial charge is 0.262 e. The third-order valence-electron chi connectivity index (χ3n) is 3.89. The Morgan fingerprint density at radius 1 is 1.33 bits per heavy atom. The molecule has 0 aromatic heterocycles. The third-order valence-corrected chi connectivity index (χ3v) is 4.20. The summed E-state index contributed by atoms with van der Waals surface area (Å²) in [5.41, 5.74) is 1.92. The number of ether oxygens (including phenoxy) is 1. The highest BCUT2D eigenvalue weighted by atomic mass is 35.5. The normalized spacial score (nSPS) is 14.2. The van der Waals surface area contributed by atoms with Crippen molar-refractivity contribution >= 4 is 34.8 Å². The zero-order chi connectivity index (χ0) is 17.1. The van der Waals surface area contributed by atoms with Gasteiger partial charge in [0, 0.05) is 6.07 Å². The molecule has 2 aromatic carbocycles. The van der Waals surface area contributed by atoms with Crippen molar-refractivity contribution in [2.45, 2.75) is 19.3 Å². The van der Waals surface area contributed by atoms with Crippen LogP contribution in [0.15, 0.2) is 42.5 Å². The van der Waals surface area contributed by atoms with E-state index >= 15 is 0 Å². The number of halogens is 1. The van der Waals surface area contributed by atoms with Gasteiger partial charge in [0.1, 0.15) is 5.75 Å². The van der Waals surface area contributed by atoms with E-state index < -0.39 is 0 Å². The summed E-state index contributed by atoms with van der Waals surface area (Å²) in [5, 5.41) is 5.88. The first-order valence-electron chi connectivity index (χ1n) is 7.70. The summed E-state index contributed by atoms with van der Waals surface area (Å²) in [5.74, 6) is -0.142. The van der Waals surface area contributed by atoms with E-state index in [9.17, 15) is 9.59 Å². The van der Waals surface area contributed by atoms with Crippen LogP contribution < -0.4 is 15.4 Å². The Balaban J connectivity index is 1.82. The highest BCUT2D eigenvalue weighted by molar-refractivity contribution is 6.34. The van der Waals surface area contributed by atoms with Crippen molar-refractivity contribution in [2.24, 2.45) is 0 Å². The number of benzene rings is 2. The van der Waals surface area contributed by atoms with Crippen LogP contribution in [-0.4, -0.2) is 18.4 Å². The van der Waals surface area contributed by atoms with Crippen LogP contribution >= 0.6 is 11.6 Å². The zero-order valence-electron chi connectivity index (χ0n) is 13.1. The average Bonchev–Trinajstić information content (AvgIpc) is 2.57. The fourth-order valence-electron chi connectivity index (χ4n) is 2.67. The molecule has 0 unspecified atom stereocenters. The number of amides is 2. The van der Waals surface area contributed by atoms with Crippen molar-refractivity contribution in [3.8, 4) is 5.75 Å². The average molecular weight is 345 g/mol. The monoisotopic (exact) mass is 344 g/mol. The van der Waals surface area contributed by atoms with Crippen LogP contribution in [0.1, 0.15) is 24.8 Å². The Labute approximate surface area is 145 Å². The number of hydrogen-bond donors (Lipinski definition) is 2. The van der Waals surface area contributed by atoms with Crippen LogP contribution in [-0.2, 0) is 9.59 Å². The van der Waals surface area contributed by atoms with E-state index in [-0.39, 0.29) is 24.3 Å². The van der Waals surface area contributed by atoms with Crippen molar-refractivity contribution in [3.05, 3.63) is 53.1 Å². The number of carbonyl (C=O) groups is 2. The quantitative estimate of drug-likeness (QED) is 0.886. The van der Waals surface area contributed by atoms with Gasteiger partial charge in [-0.3, -0.25) is 9.59 Å². The highest BCUT2D eigenvalue weighted by Gasteiger charge is 2.22. The van der Waals surface area contributed by atoms with Gasteiger partial charge in [-0.15, -0.1) is 0 Å². The van der Waals surface area contributed by atoms with Crippen molar-refractivity contribution < 1.29 is 14.3 Å². The second-order valence-corrected chi connectivity index (χ2v) is 5.93. The van der Waals surface area contributed by atoms with Gasteiger partial charge in [0.05, 0.1) is 22.3 Å². The van der Waals surface area contributed by atoms with E-state index in [1.54, 1.807) is 12.1 Å². The van der Waals surface area contributed by atoms with E-state index in [2.05, 4.69) is 10.6 Å². The molecule has 0 fully saturated rings. The van der Waals surface area contributed by atoms with Crippen molar-refractivity contribution in [1.29, 1.82) is 0 Å². The Kier molecular flexibility index (Phi) is 4.71. The van der Waals surface area contributed by atoms with Gasteiger partial charge in [-0.05, 0) is 18.1 Å². The van der Waals surface area contributed by atoms with Gasteiger partial charge < -0.3 is 15.4 Å². The lowest BCUT2D eigenvalue weighted by atomic mass is 9.95. The van der Waals surface area contributed by atoms with E-state index in [1.807, 2.05) is 37.3 Å². The van der Waals surface area contributed by atoms with Gasteiger partial charge in [0.15, 0.2) is 6.61 Å². The van der Waals surface area contributed by atoms with Crippen molar-refractivity contribution in [1.82, 2.24) is 0 Å². The molecule has 0 saturated carbocycles. The van der Waals surface area contributed by atoms with Gasteiger partial charge in [-0.2, -0.15) is 0 Å². The molecule has 2 N–H and O–H groups in total. The van der Waals surface area contributed by atoms with Crippen LogP contribution in [0.5, 0.6) is 5.75 Å². The summed E-state index contributed by atoms with van der Waals surface area (Å²) in [6, 6.07) is 12.8. The highest BCUT2D eigenvalue weighted by Crippen LogP contribution is 2.37. The topological polar surface area (TPSA) is 67.4 Å². The van der Waals surface area contributed by atoms with Gasteiger partial charge in [0.2, 0.25) is 5.91 Å². The number of anilines is 2.